The van der Waals surface area contributed by atoms with E-state index in [1.165, 1.54) is 47.0 Å². The first-order valence-electron chi connectivity index (χ1n) is 10.3. The molecular formula is C25H20F2N2O2S. The van der Waals surface area contributed by atoms with Gasteiger partial charge in [0.05, 0.1) is 17.8 Å². The van der Waals surface area contributed by atoms with E-state index in [4.69, 9.17) is 0 Å². The van der Waals surface area contributed by atoms with Crippen molar-refractivity contribution in [2.24, 2.45) is 0 Å². The molecule has 2 aliphatic rings. The Morgan fingerprint density at radius 2 is 1.81 bits per heavy atom. The van der Waals surface area contributed by atoms with E-state index in [9.17, 15) is 18.4 Å². The van der Waals surface area contributed by atoms with Crippen LogP contribution in [0, 0.1) is 18.6 Å². The summed E-state index contributed by atoms with van der Waals surface area (Å²) in [5.74, 6) is -1.14. The average molecular weight is 451 g/mol. The van der Waals surface area contributed by atoms with Crippen LogP contribution in [0.1, 0.15) is 27.0 Å². The number of benzene rings is 3. The standard InChI is InChI=1S/C25H20F2N2O2S/c1-16-6-11-22-20(14-16)25(24(31)28(22)15-17-7-9-18(26)10-8-17)29(12-13-32-25)23(30)19-4-2-3-5-21(19)27/h2-11,14H,12-13,15H2,1H3. The second-order valence-corrected chi connectivity index (χ2v) is 9.26. The lowest BCUT2D eigenvalue weighted by Crippen LogP contribution is -2.50. The van der Waals surface area contributed by atoms with Gasteiger partial charge in [-0.2, -0.15) is 0 Å². The summed E-state index contributed by atoms with van der Waals surface area (Å²) in [5, 5.41) is 0. The quantitative estimate of drug-likeness (QED) is 0.572. The highest BCUT2D eigenvalue weighted by Crippen LogP contribution is 2.55. The van der Waals surface area contributed by atoms with Gasteiger partial charge in [0.25, 0.3) is 11.8 Å². The Labute approximate surface area is 188 Å². The van der Waals surface area contributed by atoms with Crippen molar-refractivity contribution < 1.29 is 18.4 Å². The fraction of sp³-hybridized carbons (Fsp3) is 0.200. The van der Waals surface area contributed by atoms with Crippen LogP contribution in [0.25, 0.3) is 0 Å². The van der Waals surface area contributed by atoms with Gasteiger partial charge in [-0.05, 0) is 42.8 Å². The number of thioether (sulfide) groups is 1. The van der Waals surface area contributed by atoms with Gasteiger partial charge >= 0.3 is 0 Å². The van der Waals surface area contributed by atoms with Gasteiger partial charge in [-0.25, -0.2) is 8.78 Å². The highest BCUT2D eigenvalue weighted by atomic mass is 32.2. The summed E-state index contributed by atoms with van der Waals surface area (Å²) < 4.78 is 27.8. The van der Waals surface area contributed by atoms with Crippen molar-refractivity contribution in [3.63, 3.8) is 0 Å². The fourth-order valence-corrected chi connectivity index (χ4v) is 5.89. The normalized spacial score (nSPS) is 19.7. The fourth-order valence-electron chi connectivity index (χ4n) is 4.44. The van der Waals surface area contributed by atoms with Crippen LogP contribution in [0.5, 0.6) is 0 Å². The number of carbonyl (C=O) groups excluding carboxylic acids is 2. The molecule has 1 saturated heterocycles. The largest absolute Gasteiger partial charge is 0.311 e. The van der Waals surface area contributed by atoms with Crippen LogP contribution in [-0.2, 0) is 16.2 Å². The molecule has 1 fully saturated rings. The highest BCUT2D eigenvalue weighted by molar-refractivity contribution is 8.01. The molecule has 4 nitrogen and oxygen atoms in total. The molecule has 0 radical (unpaired) electrons. The first kappa shape index (κ1) is 20.7. The molecule has 0 aliphatic carbocycles. The molecule has 3 aromatic carbocycles. The van der Waals surface area contributed by atoms with E-state index >= 15 is 0 Å². The van der Waals surface area contributed by atoms with Crippen LogP contribution in [0.3, 0.4) is 0 Å². The molecule has 0 aromatic heterocycles. The zero-order chi connectivity index (χ0) is 22.5. The Morgan fingerprint density at radius 3 is 2.56 bits per heavy atom. The SMILES string of the molecule is Cc1ccc2c(c1)C1(SCCN1C(=O)c1ccccc1F)C(=O)N2Cc1ccc(F)cc1. The lowest BCUT2D eigenvalue weighted by molar-refractivity contribution is -0.123. The molecule has 5 rings (SSSR count). The van der Waals surface area contributed by atoms with Gasteiger partial charge in [-0.1, -0.05) is 42.0 Å². The van der Waals surface area contributed by atoms with E-state index < -0.39 is 16.6 Å². The number of hydrogen-bond acceptors (Lipinski definition) is 3. The number of fused-ring (bicyclic) bond motifs is 2. The lowest BCUT2D eigenvalue weighted by atomic mass is 10.0. The van der Waals surface area contributed by atoms with Gasteiger partial charge in [0.15, 0.2) is 4.87 Å². The smallest absolute Gasteiger partial charge is 0.268 e. The zero-order valence-corrected chi connectivity index (χ0v) is 18.2. The summed E-state index contributed by atoms with van der Waals surface area (Å²) in [6.45, 7) is 2.52. The number of nitrogens with zero attached hydrogens (tertiary/aromatic N) is 2. The van der Waals surface area contributed by atoms with E-state index in [0.29, 0.717) is 18.0 Å². The van der Waals surface area contributed by atoms with Crippen molar-refractivity contribution in [3.05, 3.63) is 101 Å². The lowest BCUT2D eigenvalue weighted by Gasteiger charge is -2.33. The average Bonchev–Trinajstić information content (AvgIpc) is 3.32. The van der Waals surface area contributed by atoms with Gasteiger partial charge in [0.2, 0.25) is 0 Å². The van der Waals surface area contributed by atoms with Crippen LogP contribution in [0.4, 0.5) is 14.5 Å². The minimum absolute atomic E-state index is 0.0478. The first-order chi connectivity index (χ1) is 15.4. The van der Waals surface area contributed by atoms with Crippen molar-refractivity contribution in [1.29, 1.82) is 0 Å². The number of aryl methyl sites for hydroxylation is 1. The van der Waals surface area contributed by atoms with Crippen LogP contribution in [-0.4, -0.2) is 29.0 Å². The Bertz CT molecular complexity index is 1230. The molecule has 0 N–H and O–H groups in total. The summed E-state index contributed by atoms with van der Waals surface area (Å²) >= 11 is 1.40. The maximum atomic E-state index is 14.4. The molecule has 2 amide bonds. The zero-order valence-electron chi connectivity index (χ0n) is 17.3. The molecule has 2 aliphatic heterocycles. The number of halogens is 2. The minimum atomic E-state index is -1.25. The van der Waals surface area contributed by atoms with Crippen LogP contribution < -0.4 is 4.90 Å². The monoisotopic (exact) mass is 450 g/mol. The molecular weight excluding hydrogens is 430 g/mol. The Balaban J connectivity index is 1.60. The van der Waals surface area contributed by atoms with Crippen LogP contribution >= 0.6 is 11.8 Å². The highest BCUT2D eigenvalue weighted by Gasteiger charge is 2.59. The molecule has 32 heavy (non-hydrogen) atoms. The first-order valence-corrected chi connectivity index (χ1v) is 11.3. The topological polar surface area (TPSA) is 40.6 Å². The van der Waals surface area contributed by atoms with E-state index in [1.54, 1.807) is 23.1 Å². The Hall–Kier alpha value is -3.19. The number of amides is 2. The van der Waals surface area contributed by atoms with Gasteiger partial charge in [0.1, 0.15) is 11.6 Å². The van der Waals surface area contributed by atoms with Gasteiger partial charge in [-0.3, -0.25) is 9.59 Å². The minimum Gasteiger partial charge on any atom is -0.311 e. The summed E-state index contributed by atoms with van der Waals surface area (Å²) in [6, 6.07) is 17.6. The van der Waals surface area contributed by atoms with E-state index in [-0.39, 0.29) is 23.8 Å². The summed E-state index contributed by atoms with van der Waals surface area (Å²) in [5.41, 5.74) is 3.14. The maximum Gasteiger partial charge on any atom is 0.268 e. The molecule has 7 heteroatoms. The number of rotatable bonds is 3. The van der Waals surface area contributed by atoms with Gasteiger partial charge in [0, 0.05) is 17.9 Å². The molecule has 0 saturated carbocycles. The molecule has 0 bridgehead atoms. The van der Waals surface area contributed by atoms with Gasteiger partial charge < -0.3 is 9.80 Å². The van der Waals surface area contributed by atoms with Crippen molar-refractivity contribution in [1.82, 2.24) is 4.90 Å². The van der Waals surface area contributed by atoms with E-state index in [2.05, 4.69) is 0 Å². The number of anilines is 1. The van der Waals surface area contributed by atoms with Crippen molar-refractivity contribution in [2.75, 3.05) is 17.2 Å². The maximum absolute atomic E-state index is 14.4. The van der Waals surface area contributed by atoms with Crippen LogP contribution in [0.2, 0.25) is 0 Å². The second-order valence-electron chi connectivity index (χ2n) is 7.97. The Morgan fingerprint density at radius 1 is 1.06 bits per heavy atom. The molecule has 3 aromatic rings. The molecule has 1 unspecified atom stereocenters. The third-order valence-electron chi connectivity index (χ3n) is 5.95. The van der Waals surface area contributed by atoms with E-state index in [0.717, 1.165) is 16.7 Å². The molecule has 1 atom stereocenters. The molecule has 162 valence electrons. The summed E-state index contributed by atoms with van der Waals surface area (Å²) in [6.07, 6.45) is 0. The van der Waals surface area contributed by atoms with Gasteiger partial charge in [-0.15, -0.1) is 11.8 Å². The summed E-state index contributed by atoms with van der Waals surface area (Å²) in [4.78, 5) is 29.3. The predicted molar refractivity (Wildman–Crippen MR) is 120 cm³/mol. The molecule has 1 spiro atoms. The summed E-state index contributed by atoms with van der Waals surface area (Å²) in [7, 11) is 0. The van der Waals surface area contributed by atoms with Crippen molar-refractivity contribution >= 4 is 29.3 Å². The second kappa shape index (κ2) is 7.74. The molecule has 2 heterocycles. The van der Waals surface area contributed by atoms with Crippen molar-refractivity contribution in [2.45, 2.75) is 18.3 Å². The van der Waals surface area contributed by atoms with Crippen molar-refractivity contribution in [3.8, 4) is 0 Å². The van der Waals surface area contributed by atoms with Crippen LogP contribution in [0.15, 0.2) is 66.7 Å². The Kier molecular flexibility index (Phi) is 5.01. The predicted octanol–water partition coefficient (Wildman–Crippen LogP) is 4.86. The number of hydrogen-bond donors (Lipinski definition) is 0. The third kappa shape index (κ3) is 3.11. The van der Waals surface area contributed by atoms with E-state index in [1.807, 2.05) is 25.1 Å². The third-order valence-corrected chi connectivity index (χ3v) is 7.37. The number of carbonyl (C=O) groups is 2.